The van der Waals surface area contributed by atoms with Gasteiger partial charge >= 0.3 is 0 Å². The Hall–Kier alpha value is -2.22. The van der Waals surface area contributed by atoms with E-state index in [1.807, 2.05) is 18.3 Å². The van der Waals surface area contributed by atoms with E-state index in [0.29, 0.717) is 0 Å². The van der Waals surface area contributed by atoms with Gasteiger partial charge in [-0.25, -0.2) is 0 Å². The zero-order valence-corrected chi connectivity index (χ0v) is 9.70. The van der Waals surface area contributed by atoms with Crippen LogP contribution in [-0.4, -0.2) is 4.98 Å². The van der Waals surface area contributed by atoms with Crippen LogP contribution in [0.4, 0.5) is 5.69 Å². The molecular formula is C15H14N2. The van der Waals surface area contributed by atoms with Gasteiger partial charge in [0.2, 0.25) is 0 Å². The largest absolute Gasteiger partial charge is 0.398 e. The molecule has 0 unspecified atom stereocenters. The van der Waals surface area contributed by atoms with Gasteiger partial charge in [-0.15, -0.1) is 0 Å². The number of benzene rings is 2. The molecular weight excluding hydrogens is 208 g/mol. The number of aromatic nitrogens is 1. The predicted molar refractivity (Wildman–Crippen MR) is 72.9 cm³/mol. The van der Waals surface area contributed by atoms with E-state index >= 15 is 0 Å². The van der Waals surface area contributed by atoms with E-state index in [2.05, 4.69) is 42.2 Å². The van der Waals surface area contributed by atoms with Crippen molar-refractivity contribution in [1.29, 1.82) is 0 Å². The Labute approximate surface area is 100 Å². The lowest BCUT2D eigenvalue weighted by atomic mass is 9.97. The summed E-state index contributed by atoms with van der Waals surface area (Å²) in [5.41, 5.74) is 11.5. The Morgan fingerprint density at radius 3 is 2.59 bits per heavy atom. The first kappa shape index (κ1) is 9.97. The normalized spacial score (nSPS) is 10.9. The van der Waals surface area contributed by atoms with E-state index in [4.69, 9.17) is 5.73 Å². The summed E-state index contributed by atoms with van der Waals surface area (Å²) < 4.78 is 0. The summed E-state index contributed by atoms with van der Waals surface area (Å²) in [6.45, 7) is 2.07. The Bertz CT molecular complexity index is 680. The second-order valence-corrected chi connectivity index (χ2v) is 4.26. The Balaban J connectivity index is 2.34. The average Bonchev–Trinajstić information content (AvgIpc) is 2.81. The molecule has 1 aromatic heterocycles. The maximum atomic E-state index is 5.97. The number of aromatic amines is 1. The molecule has 0 spiro atoms. The van der Waals surface area contributed by atoms with E-state index in [0.717, 1.165) is 16.8 Å². The summed E-state index contributed by atoms with van der Waals surface area (Å²) in [6.07, 6.45) is 1.97. The van der Waals surface area contributed by atoms with Gasteiger partial charge in [0.1, 0.15) is 0 Å². The number of nitrogens with one attached hydrogen (secondary N) is 1. The van der Waals surface area contributed by atoms with Crippen LogP contribution in [0.5, 0.6) is 0 Å². The predicted octanol–water partition coefficient (Wildman–Crippen LogP) is 3.73. The van der Waals surface area contributed by atoms with Crippen molar-refractivity contribution in [2.75, 3.05) is 5.73 Å². The molecule has 17 heavy (non-hydrogen) atoms. The summed E-state index contributed by atoms with van der Waals surface area (Å²) in [5.74, 6) is 0. The molecule has 2 aromatic carbocycles. The zero-order chi connectivity index (χ0) is 11.8. The maximum absolute atomic E-state index is 5.97. The fraction of sp³-hybridized carbons (Fsp3) is 0.0667. The van der Waals surface area contributed by atoms with E-state index in [1.165, 1.54) is 16.5 Å². The quantitative estimate of drug-likeness (QED) is 0.605. The summed E-state index contributed by atoms with van der Waals surface area (Å²) in [6, 6.07) is 14.5. The molecule has 0 bridgehead atoms. The molecule has 3 N–H and O–H groups in total. The minimum Gasteiger partial charge on any atom is -0.398 e. The first-order valence-electron chi connectivity index (χ1n) is 5.69. The van der Waals surface area contributed by atoms with Crippen molar-refractivity contribution in [2.45, 2.75) is 6.92 Å². The molecule has 0 amide bonds. The van der Waals surface area contributed by atoms with Crippen molar-refractivity contribution >= 4 is 16.6 Å². The van der Waals surface area contributed by atoms with Crippen LogP contribution in [0.25, 0.3) is 22.0 Å². The number of hydrogen-bond acceptors (Lipinski definition) is 1. The SMILES string of the molecule is Cc1c(N)cccc1-c1cccc2[nH]ccc12. The number of H-pyrrole nitrogens is 1. The average molecular weight is 222 g/mol. The molecule has 0 aliphatic rings. The van der Waals surface area contributed by atoms with Crippen LogP contribution < -0.4 is 5.73 Å². The van der Waals surface area contributed by atoms with Gasteiger partial charge in [0.15, 0.2) is 0 Å². The van der Waals surface area contributed by atoms with Crippen molar-refractivity contribution in [2.24, 2.45) is 0 Å². The van der Waals surface area contributed by atoms with E-state index in [9.17, 15) is 0 Å². The summed E-state index contributed by atoms with van der Waals surface area (Å²) >= 11 is 0. The standard InChI is InChI=1S/C15H14N2/c1-10-11(4-2-6-14(10)16)12-5-3-7-15-13(12)8-9-17-15/h2-9,17H,16H2,1H3. The van der Waals surface area contributed by atoms with Crippen molar-refractivity contribution < 1.29 is 0 Å². The van der Waals surface area contributed by atoms with Crippen LogP contribution in [0, 0.1) is 6.92 Å². The highest BCUT2D eigenvalue weighted by Gasteiger charge is 2.07. The molecule has 0 atom stereocenters. The van der Waals surface area contributed by atoms with Crippen LogP contribution in [0.15, 0.2) is 48.7 Å². The monoisotopic (exact) mass is 222 g/mol. The Morgan fingerprint density at radius 1 is 0.941 bits per heavy atom. The maximum Gasteiger partial charge on any atom is 0.0460 e. The Morgan fingerprint density at radius 2 is 1.71 bits per heavy atom. The molecule has 0 saturated carbocycles. The smallest absolute Gasteiger partial charge is 0.0460 e. The van der Waals surface area contributed by atoms with Crippen LogP contribution >= 0.6 is 0 Å². The van der Waals surface area contributed by atoms with Gasteiger partial charge in [-0.1, -0.05) is 24.3 Å². The van der Waals surface area contributed by atoms with Gasteiger partial charge < -0.3 is 10.7 Å². The van der Waals surface area contributed by atoms with Crippen LogP contribution in [0.1, 0.15) is 5.56 Å². The highest BCUT2D eigenvalue weighted by Crippen LogP contribution is 2.32. The lowest BCUT2D eigenvalue weighted by Crippen LogP contribution is -1.92. The zero-order valence-electron chi connectivity index (χ0n) is 9.70. The highest BCUT2D eigenvalue weighted by molar-refractivity contribution is 5.96. The molecule has 0 radical (unpaired) electrons. The van der Waals surface area contributed by atoms with E-state index in [1.54, 1.807) is 0 Å². The fourth-order valence-corrected chi connectivity index (χ4v) is 2.27. The molecule has 84 valence electrons. The number of hydrogen-bond donors (Lipinski definition) is 2. The molecule has 0 fully saturated rings. The third-order valence-corrected chi connectivity index (χ3v) is 3.26. The second-order valence-electron chi connectivity index (χ2n) is 4.26. The summed E-state index contributed by atoms with van der Waals surface area (Å²) in [5, 5.41) is 1.24. The van der Waals surface area contributed by atoms with E-state index in [-0.39, 0.29) is 0 Å². The Kier molecular flexibility index (Phi) is 2.15. The summed E-state index contributed by atoms with van der Waals surface area (Å²) in [4.78, 5) is 3.23. The van der Waals surface area contributed by atoms with Crippen LogP contribution in [-0.2, 0) is 0 Å². The number of anilines is 1. The van der Waals surface area contributed by atoms with Gasteiger partial charge in [0.25, 0.3) is 0 Å². The minimum atomic E-state index is 0.843. The van der Waals surface area contributed by atoms with Gasteiger partial charge in [0.05, 0.1) is 0 Å². The van der Waals surface area contributed by atoms with Crippen LogP contribution in [0.2, 0.25) is 0 Å². The first-order chi connectivity index (χ1) is 8.27. The van der Waals surface area contributed by atoms with Crippen LogP contribution in [0.3, 0.4) is 0 Å². The minimum absolute atomic E-state index is 0.843. The van der Waals surface area contributed by atoms with Gasteiger partial charge in [-0.2, -0.15) is 0 Å². The van der Waals surface area contributed by atoms with Crippen molar-refractivity contribution in [3.8, 4) is 11.1 Å². The highest BCUT2D eigenvalue weighted by atomic mass is 14.7. The van der Waals surface area contributed by atoms with E-state index < -0.39 is 0 Å². The topological polar surface area (TPSA) is 41.8 Å². The third kappa shape index (κ3) is 1.49. The number of fused-ring (bicyclic) bond motifs is 1. The molecule has 2 heteroatoms. The first-order valence-corrected chi connectivity index (χ1v) is 5.69. The third-order valence-electron chi connectivity index (χ3n) is 3.26. The molecule has 3 rings (SSSR count). The molecule has 0 aliphatic heterocycles. The number of rotatable bonds is 1. The lowest BCUT2D eigenvalue weighted by Gasteiger charge is -2.09. The van der Waals surface area contributed by atoms with Gasteiger partial charge in [-0.3, -0.25) is 0 Å². The molecule has 1 heterocycles. The molecule has 0 saturated heterocycles. The summed E-state index contributed by atoms with van der Waals surface area (Å²) in [7, 11) is 0. The number of nitrogen functional groups attached to an aromatic ring is 1. The fourth-order valence-electron chi connectivity index (χ4n) is 2.27. The number of nitrogens with two attached hydrogens (primary N) is 1. The van der Waals surface area contributed by atoms with Gasteiger partial charge in [-0.05, 0) is 41.8 Å². The van der Waals surface area contributed by atoms with Crippen molar-refractivity contribution in [3.05, 3.63) is 54.2 Å². The van der Waals surface area contributed by atoms with Crippen molar-refractivity contribution in [3.63, 3.8) is 0 Å². The lowest BCUT2D eigenvalue weighted by molar-refractivity contribution is 1.46. The molecule has 2 nitrogen and oxygen atoms in total. The molecule has 3 aromatic rings. The van der Waals surface area contributed by atoms with Crippen molar-refractivity contribution in [1.82, 2.24) is 4.98 Å². The molecule has 0 aliphatic carbocycles. The van der Waals surface area contributed by atoms with Gasteiger partial charge in [0, 0.05) is 22.8 Å². The second kappa shape index (κ2) is 3.67.